The Morgan fingerprint density at radius 2 is 1.70 bits per heavy atom. The third-order valence-corrected chi connectivity index (χ3v) is 6.89. The maximum absolute atomic E-state index is 13.3. The number of para-hydroxylation sites is 1. The van der Waals surface area contributed by atoms with Gasteiger partial charge in [-0.3, -0.25) is 4.90 Å². The molecule has 0 radical (unpaired) electrons. The summed E-state index contributed by atoms with van der Waals surface area (Å²) in [5.41, 5.74) is 2.14. The van der Waals surface area contributed by atoms with Crippen molar-refractivity contribution in [3.05, 3.63) is 29.8 Å². The standard InChI is InChI=1S/C24H38N4O2/c29-24(25-23-11-4-3-8-21(23)20-27-16-18-30-19-17-27)28(22-9-7-10-22)15-14-26-12-5-1-2-6-13-26/h3-4,8,11,22H,1-2,5-7,9-10,12-20H2,(H,25,29). The van der Waals surface area contributed by atoms with Gasteiger partial charge in [0.25, 0.3) is 0 Å². The fraction of sp³-hybridized carbons (Fsp3) is 0.708. The summed E-state index contributed by atoms with van der Waals surface area (Å²) in [7, 11) is 0. The summed E-state index contributed by atoms with van der Waals surface area (Å²) < 4.78 is 5.47. The number of carbonyl (C=O) groups is 1. The molecule has 1 aliphatic carbocycles. The van der Waals surface area contributed by atoms with Gasteiger partial charge in [-0.05, 0) is 56.8 Å². The molecule has 0 aromatic heterocycles. The van der Waals surface area contributed by atoms with Gasteiger partial charge in [0.1, 0.15) is 0 Å². The fourth-order valence-corrected chi connectivity index (χ4v) is 4.72. The second-order valence-electron chi connectivity index (χ2n) is 9.01. The van der Waals surface area contributed by atoms with Gasteiger partial charge in [-0.25, -0.2) is 4.79 Å². The number of nitrogens with zero attached hydrogens (tertiary/aromatic N) is 3. The third-order valence-electron chi connectivity index (χ3n) is 6.89. The fourth-order valence-electron chi connectivity index (χ4n) is 4.72. The largest absolute Gasteiger partial charge is 0.379 e. The molecule has 2 heterocycles. The van der Waals surface area contributed by atoms with E-state index in [1.54, 1.807) is 0 Å². The molecule has 0 spiro atoms. The van der Waals surface area contributed by atoms with Crippen LogP contribution in [0.15, 0.2) is 24.3 Å². The van der Waals surface area contributed by atoms with E-state index in [0.29, 0.717) is 6.04 Å². The molecule has 30 heavy (non-hydrogen) atoms. The van der Waals surface area contributed by atoms with E-state index in [1.165, 1.54) is 50.8 Å². The molecule has 1 saturated carbocycles. The Morgan fingerprint density at radius 1 is 0.967 bits per heavy atom. The number of nitrogens with one attached hydrogen (secondary N) is 1. The number of carbonyl (C=O) groups excluding carboxylic acids is 1. The minimum Gasteiger partial charge on any atom is -0.379 e. The van der Waals surface area contributed by atoms with E-state index in [0.717, 1.165) is 64.5 Å². The molecule has 0 atom stereocenters. The molecule has 0 bridgehead atoms. The number of rotatable bonds is 7. The zero-order valence-corrected chi connectivity index (χ0v) is 18.4. The van der Waals surface area contributed by atoms with Crippen LogP contribution in [0, 0.1) is 0 Å². The molecule has 0 unspecified atom stereocenters. The van der Waals surface area contributed by atoms with Crippen molar-refractivity contribution in [2.24, 2.45) is 0 Å². The second kappa shape index (κ2) is 11.1. The van der Waals surface area contributed by atoms with E-state index in [-0.39, 0.29) is 6.03 Å². The number of urea groups is 1. The predicted molar refractivity (Wildman–Crippen MR) is 121 cm³/mol. The van der Waals surface area contributed by atoms with Crippen LogP contribution in [-0.4, -0.2) is 79.3 Å². The number of ether oxygens (including phenoxy) is 1. The highest BCUT2D eigenvalue weighted by molar-refractivity contribution is 5.90. The number of anilines is 1. The first kappa shape index (κ1) is 21.6. The summed E-state index contributed by atoms with van der Waals surface area (Å²) in [6, 6.07) is 8.74. The Morgan fingerprint density at radius 3 is 2.40 bits per heavy atom. The van der Waals surface area contributed by atoms with Crippen LogP contribution in [0.4, 0.5) is 10.5 Å². The summed E-state index contributed by atoms with van der Waals surface area (Å²) in [4.78, 5) is 20.4. The van der Waals surface area contributed by atoms with Gasteiger partial charge in [-0.2, -0.15) is 0 Å². The number of likely N-dealkylation sites (tertiary alicyclic amines) is 1. The zero-order valence-electron chi connectivity index (χ0n) is 18.4. The smallest absolute Gasteiger partial charge is 0.322 e. The van der Waals surface area contributed by atoms with E-state index in [9.17, 15) is 4.79 Å². The summed E-state index contributed by atoms with van der Waals surface area (Å²) in [5, 5.41) is 3.26. The molecule has 3 fully saturated rings. The van der Waals surface area contributed by atoms with Gasteiger partial charge in [-0.1, -0.05) is 31.0 Å². The molecule has 2 aliphatic heterocycles. The molecule has 3 aliphatic rings. The van der Waals surface area contributed by atoms with E-state index >= 15 is 0 Å². The number of hydrogen-bond acceptors (Lipinski definition) is 4. The lowest BCUT2D eigenvalue weighted by atomic mass is 9.91. The van der Waals surface area contributed by atoms with Crippen molar-refractivity contribution in [1.29, 1.82) is 0 Å². The summed E-state index contributed by atoms with van der Waals surface area (Å²) in [5.74, 6) is 0. The van der Waals surface area contributed by atoms with E-state index in [2.05, 4.69) is 32.1 Å². The first-order valence-electron chi connectivity index (χ1n) is 12.0. The molecule has 2 amide bonds. The lowest BCUT2D eigenvalue weighted by Gasteiger charge is -2.38. The minimum atomic E-state index is 0.0731. The predicted octanol–water partition coefficient (Wildman–Crippen LogP) is 3.78. The highest BCUT2D eigenvalue weighted by Crippen LogP contribution is 2.26. The minimum absolute atomic E-state index is 0.0731. The van der Waals surface area contributed by atoms with E-state index < -0.39 is 0 Å². The lowest BCUT2D eigenvalue weighted by molar-refractivity contribution is 0.0342. The molecule has 6 heteroatoms. The summed E-state index contributed by atoms with van der Waals surface area (Å²) in [6.45, 7) is 8.54. The lowest BCUT2D eigenvalue weighted by Crippen LogP contribution is -2.49. The van der Waals surface area contributed by atoms with Crippen molar-refractivity contribution >= 4 is 11.7 Å². The van der Waals surface area contributed by atoms with Gasteiger partial charge in [0.2, 0.25) is 0 Å². The Kier molecular flexibility index (Phi) is 8.01. The molecule has 2 saturated heterocycles. The molecule has 1 N–H and O–H groups in total. The second-order valence-corrected chi connectivity index (χ2v) is 9.01. The van der Waals surface area contributed by atoms with Gasteiger partial charge >= 0.3 is 6.03 Å². The number of morpholine rings is 1. The van der Waals surface area contributed by atoms with E-state index in [4.69, 9.17) is 4.74 Å². The van der Waals surface area contributed by atoms with Crippen LogP contribution in [0.5, 0.6) is 0 Å². The van der Waals surface area contributed by atoms with Crippen molar-refractivity contribution in [2.45, 2.75) is 57.5 Å². The number of hydrogen-bond donors (Lipinski definition) is 1. The normalized spacial score (nSPS) is 21.6. The Bertz CT molecular complexity index is 665. The van der Waals surface area contributed by atoms with Crippen molar-refractivity contribution in [2.75, 3.05) is 57.8 Å². The first-order valence-corrected chi connectivity index (χ1v) is 12.0. The van der Waals surface area contributed by atoms with Crippen LogP contribution in [0.3, 0.4) is 0 Å². The van der Waals surface area contributed by atoms with Crippen molar-refractivity contribution in [3.63, 3.8) is 0 Å². The van der Waals surface area contributed by atoms with Gasteiger partial charge in [0.05, 0.1) is 13.2 Å². The molecule has 1 aromatic carbocycles. The molecule has 4 rings (SSSR count). The van der Waals surface area contributed by atoms with Gasteiger partial charge in [-0.15, -0.1) is 0 Å². The third kappa shape index (κ3) is 5.96. The summed E-state index contributed by atoms with van der Waals surface area (Å²) >= 11 is 0. The number of benzene rings is 1. The SMILES string of the molecule is O=C(Nc1ccccc1CN1CCOCC1)N(CCN1CCCCCC1)C1CCC1. The summed E-state index contributed by atoms with van der Waals surface area (Å²) in [6.07, 6.45) is 8.82. The van der Waals surface area contributed by atoms with Crippen LogP contribution in [0.2, 0.25) is 0 Å². The van der Waals surface area contributed by atoms with Gasteiger partial charge < -0.3 is 19.9 Å². The van der Waals surface area contributed by atoms with Crippen molar-refractivity contribution in [3.8, 4) is 0 Å². The molecular formula is C24H38N4O2. The van der Waals surface area contributed by atoms with Crippen LogP contribution < -0.4 is 5.32 Å². The molecule has 6 nitrogen and oxygen atoms in total. The highest BCUT2D eigenvalue weighted by Gasteiger charge is 2.29. The Hall–Kier alpha value is -1.63. The van der Waals surface area contributed by atoms with E-state index in [1.807, 2.05) is 12.1 Å². The molecular weight excluding hydrogens is 376 g/mol. The highest BCUT2D eigenvalue weighted by atomic mass is 16.5. The first-order chi connectivity index (χ1) is 14.8. The van der Waals surface area contributed by atoms with Gasteiger partial charge in [0.15, 0.2) is 0 Å². The van der Waals surface area contributed by atoms with Crippen molar-refractivity contribution < 1.29 is 9.53 Å². The topological polar surface area (TPSA) is 48.1 Å². The Labute approximate surface area is 181 Å². The quantitative estimate of drug-likeness (QED) is 0.738. The molecule has 1 aromatic rings. The van der Waals surface area contributed by atoms with Crippen LogP contribution in [0.1, 0.15) is 50.5 Å². The van der Waals surface area contributed by atoms with Gasteiger partial charge in [0, 0.05) is 44.5 Å². The maximum atomic E-state index is 13.3. The van der Waals surface area contributed by atoms with Crippen LogP contribution >= 0.6 is 0 Å². The monoisotopic (exact) mass is 414 g/mol. The Balaban J connectivity index is 1.37. The average molecular weight is 415 g/mol. The van der Waals surface area contributed by atoms with Crippen LogP contribution in [-0.2, 0) is 11.3 Å². The zero-order chi connectivity index (χ0) is 20.6. The van der Waals surface area contributed by atoms with Crippen molar-refractivity contribution in [1.82, 2.24) is 14.7 Å². The maximum Gasteiger partial charge on any atom is 0.322 e. The molecule has 166 valence electrons. The van der Waals surface area contributed by atoms with Crippen LogP contribution in [0.25, 0.3) is 0 Å². The number of amides is 2. The average Bonchev–Trinajstić information content (AvgIpc) is 3.00.